The van der Waals surface area contributed by atoms with Crippen molar-refractivity contribution in [1.29, 1.82) is 0 Å². The lowest BCUT2D eigenvalue weighted by Crippen LogP contribution is -2.47. The second-order valence-electron chi connectivity index (χ2n) is 5.14. The lowest BCUT2D eigenvalue weighted by Gasteiger charge is -2.34. The molecule has 0 saturated carbocycles. The minimum atomic E-state index is 0.389. The van der Waals surface area contributed by atoms with Crippen molar-refractivity contribution in [3.05, 3.63) is 43.0 Å². The van der Waals surface area contributed by atoms with Crippen LogP contribution in [0.25, 0.3) is 11.6 Å². The van der Waals surface area contributed by atoms with Gasteiger partial charge in [-0.3, -0.25) is 4.98 Å². The van der Waals surface area contributed by atoms with Gasteiger partial charge < -0.3 is 14.2 Å². The van der Waals surface area contributed by atoms with Crippen LogP contribution in [0.5, 0.6) is 0 Å². The van der Waals surface area contributed by atoms with Gasteiger partial charge in [0.05, 0.1) is 6.20 Å². The fourth-order valence-corrected chi connectivity index (χ4v) is 2.52. The molecule has 0 aliphatic carbocycles. The summed E-state index contributed by atoms with van der Waals surface area (Å²) in [6.07, 6.45) is 6.63. The van der Waals surface area contributed by atoms with Crippen LogP contribution in [0.3, 0.4) is 0 Å². The molecule has 0 amide bonds. The van der Waals surface area contributed by atoms with Crippen LogP contribution in [0.15, 0.2) is 47.4 Å². The van der Waals surface area contributed by atoms with Crippen molar-refractivity contribution in [2.75, 3.05) is 36.0 Å². The molecule has 1 saturated heterocycles. The van der Waals surface area contributed by atoms with E-state index in [2.05, 4.69) is 34.9 Å². The molecular formula is C15H15N7O. The van der Waals surface area contributed by atoms with Crippen LogP contribution in [-0.4, -0.2) is 51.3 Å². The standard InChI is InChI=1S/C15H15N7O/c1-2-4-18-13(3-1)21-7-9-22(10-8-21)15-20-19-14(23-15)12-11-16-5-6-17-12/h1-6,11H,7-10H2. The van der Waals surface area contributed by atoms with Gasteiger partial charge in [0.1, 0.15) is 11.5 Å². The number of piperazine rings is 1. The molecule has 0 bridgehead atoms. The van der Waals surface area contributed by atoms with Crippen molar-refractivity contribution >= 4 is 11.8 Å². The summed E-state index contributed by atoms with van der Waals surface area (Å²) in [5.41, 5.74) is 0.582. The maximum Gasteiger partial charge on any atom is 0.318 e. The summed E-state index contributed by atoms with van der Waals surface area (Å²) in [6, 6.07) is 6.46. The first kappa shape index (κ1) is 13.6. The fourth-order valence-electron chi connectivity index (χ4n) is 2.52. The molecule has 0 aromatic carbocycles. The van der Waals surface area contributed by atoms with E-state index >= 15 is 0 Å². The van der Waals surface area contributed by atoms with E-state index in [1.807, 2.05) is 24.4 Å². The van der Waals surface area contributed by atoms with Gasteiger partial charge in [-0.15, -0.1) is 5.10 Å². The van der Waals surface area contributed by atoms with Gasteiger partial charge in [0, 0.05) is 44.8 Å². The van der Waals surface area contributed by atoms with Crippen LogP contribution < -0.4 is 9.80 Å². The minimum Gasteiger partial charge on any atom is -0.401 e. The second kappa shape index (κ2) is 5.99. The second-order valence-corrected chi connectivity index (χ2v) is 5.14. The maximum absolute atomic E-state index is 5.72. The Labute approximate surface area is 132 Å². The zero-order chi connectivity index (χ0) is 15.5. The quantitative estimate of drug-likeness (QED) is 0.714. The normalized spacial score (nSPS) is 15.0. The van der Waals surface area contributed by atoms with Crippen LogP contribution in [-0.2, 0) is 0 Å². The lowest BCUT2D eigenvalue weighted by molar-refractivity contribution is 0.522. The van der Waals surface area contributed by atoms with E-state index < -0.39 is 0 Å². The Bertz CT molecular complexity index is 754. The molecule has 1 aliphatic heterocycles. The van der Waals surface area contributed by atoms with Crippen molar-refractivity contribution in [1.82, 2.24) is 25.1 Å². The molecular weight excluding hydrogens is 294 g/mol. The molecule has 0 atom stereocenters. The van der Waals surface area contributed by atoms with E-state index in [0.29, 0.717) is 17.6 Å². The first-order chi connectivity index (χ1) is 11.4. The van der Waals surface area contributed by atoms with Crippen LogP contribution in [0.2, 0.25) is 0 Å². The maximum atomic E-state index is 5.72. The molecule has 23 heavy (non-hydrogen) atoms. The third-order valence-electron chi connectivity index (χ3n) is 3.72. The van der Waals surface area contributed by atoms with Crippen LogP contribution >= 0.6 is 0 Å². The molecule has 0 N–H and O–H groups in total. The molecule has 116 valence electrons. The van der Waals surface area contributed by atoms with Crippen LogP contribution in [0.4, 0.5) is 11.8 Å². The molecule has 8 nitrogen and oxygen atoms in total. The average molecular weight is 309 g/mol. The molecule has 1 fully saturated rings. The zero-order valence-corrected chi connectivity index (χ0v) is 12.4. The predicted molar refractivity (Wildman–Crippen MR) is 84.0 cm³/mol. The van der Waals surface area contributed by atoms with E-state index in [9.17, 15) is 0 Å². The van der Waals surface area contributed by atoms with Crippen molar-refractivity contribution in [2.24, 2.45) is 0 Å². The Morgan fingerprint density at radius 1 is 0.870 bits per heavy atom. The smallest absolute Gasteiger partial charge is 0.318 e. The Hall–Kier alpha value is -3.03. The lowest BCUT2D eigenvalue weighted by atomic mass is 10.3. The number of pyridine rings is 1. The molecule has 4 heterocycles. The molecule has 3 aromatic rings. The predicted octanol–water partition coefficient (Wildman–Crippen LogP) is 1.25. The molecule has 0 unspecified atom stereocenters. The summed E-state index contributed by atoms with van der Waals surface area (Å²) >= 11 is 0. The van der Waals surface area contributed by atoms with E-state index in [4.69, 9.17) is 4.42 Å². The highest BCUT2D eigenvalue weighted by atomic mass is 16.4. The van der Waals surface area contributed by atoms with E-state index in [-0.39, 0.29) is 0 Å². The number of hydrogen-bond donors (Lipinski definition) is 0. The van der Waals surface area contributed by atoms with Crippen molar-refractivity contribution < 1.29 is 4.42 Å². The first-order valence-corrected chi connectivity index (χ1v) is 7.41. The Kier molecular flexibility index (Phi) is 3.55. The molecule has 1 aliphatic rings. The average Bonchev–Trinajstić information content (AvgIpc) is 3.14. The minimum absolute atomic E-state index is 0.389. The first-order valence-electron chi connectivity index (χ1n) is 7.41. The molecule has 8 heteroatoms. The van der Waals surface area contributed by atoms with E-state index in [1.165, 1.54) is 0 Å². The number of hydrogen-bond acceptors (Lipinski definition) is 8. The van der Waals surface area contributed by atoms with Gasteiger partial charge in [-0.1, -0.05) is 11.2 Å². The molecule has 0 spiro atoms. The summed E-state index contributed by atoms with van der Waals surface area (Å²) in [5.74, 6) is 1.39. The van der Waals surface area contributed by atoms with Gasteiger partial charge in [-0.05, 0) is 12.1 Å². The molecule has 0 radical (unpaired) electrons. The van der Waals surface area contributed by atoms with Crippen LogP contribution in [0, 0.1) is 0 Å². The Balaban J connectivity index is 1.44. The number of nitrogens with zero attached hydrogens (tertiary/aromatic N) is 7. The van der Waals surface area contributed by atoms with Gasteiger partial charge >= 0.3 is 6.01 Å². The third kappa shape index (κ3) is 2.83. The van der Waals surface area contributed by atoms with E-state index in [1.54, 1.807) is 18.6 Å². The van der Waals surface area contributed by atoms with Gasteiger partial charge in [0.25, 0.3) is 5.89 Å². The monoisotopic (exact) mass is 309 g/mol. The van der Waals surface area contributed by atoms with Crippen molar-refractivity contribution in [3.8, 4) is 11.6 Å². The Morgan fingerprint density at radius 3 is 2.48 bits per heavy atom. The van der Waals surface area contributed by atoms with Crippen LogP contribution in [0.1, 0.15) is 0 Å². The summed E-state index contributed by atoms with van der Waals surface area (Å²) in [7, 11) is 0. The highest BCUT2D eigenvalue weighted by molar-refractivity contribution is 5.46. The summed E-state index contributed by atoms with van der Waals surface area (Å²) in [4.78, 5) is 16.9. The Morgan fingerprint density at radius 2 is 1.74 bits per heavy atom. The number of rotatable bonds is 3. The highest BCUT2D eigenvalue weighted by Crippen LogP contribution is 2.21. The zero-order valence-electron chi connectivity index (χ0n) is 12.4. The van der Waals surface area contributed by atoms with Gasteiger partial charge in [-0.25, -0.2) is 9.97 Å². The largest absolute Gasteiger partial charge is 0.401 e. The topological polar surface area (TPSA) is 84.1 Å². The van der Waals surface area contributed by atoms with Gasteiger partial charge in [0.15, 0.2) is 0 Å². The molecule has 3 aromatic heterocycles. The van der Waals surface area contributed by atoms with Crippen molar-refractivity contribution in [2.45, 2.75) is 0 Å². The highest BCUT2D eigenvalue weighted by Gasteiger charge is 2.22. The number of anilines is 2. The fraction of sp³-hybridized carbons (Fsp3) is 0.267. The SMILES string of the molecule is c1ccc(N2CCN(c3nnc(-c4cnccn4)o3)CC2)nc1. The van der Waals surface area contributed by atoms with E-state index in [0.717, 1.165) is 32.0 Å². The number of aromatic nitrogens is 5. The third-order valence-corrected chi connectivity index (χ3v) is 3.72. The van der Waals surface area contributed by atoms with Gasteiger partial charge in [-0.2, -0.15) is 0 Å². The van der Waals surface area contributed by atoms with Crippen molar-refractivity contribution in [3.63, 3.8) is 0 Å². The summed E-state index contributed by atoms with van der Waals surface area (Å²) < 4.78 is 5.72. The summed E-state index contributed by atoms with van der Waals surface area (Å²) in [5, 5.41) is 8.17. The van der Waals surface area contributed by atoms with Gasteiger partial charge in [0.2, 0.25) is 0 Å². The summed E-state index contributed by atoms with van der Waals surface area (Å²) in [6.45, 7) is 3.33. The molecule has 4 rings (SSSR count).